The van der Waals surface area contributed by atoms with Gasteiger partial charge in [-0.2, -0.15) is 0 Å². The summed E-state index contributed by atoms with van der Waals surface area (Å²) in [5, 5.41) is 2.58. The number of hydrogen-bond donors (Lipinski definition) is 2. The van der Waals surface area contributed by atoms with E-state index in [1.165, 1.54) is 11.9 Å². The summed E-state index contributed by atoms with van der Waals surface area (Å²) in [5.41, 5.74) is 8.16. The Balaban J connectivity index is 1.95. The molecule has 6 heteroatoms. The number of ketones is 1. The fourth-order valence-electron chi connectivity index (χ4n) is 3.39. The van der Waals surface area contributed by atoms with Crippen LogP contribution in [0.1, 0.15) is 38.3 Å². The second-order valence-electron chi connectivity index (χ2n) is 6.82. The molecule has 3 N–H and O–H groups in total. The molecule has 0 bridgehead atoms. The molecule has 6 nitrogen and oxygen atoms in total. The Hall–Kier alpha value is -2.99. The average molecular weight is 365 g/mol. The summed E-state index contributed by atoms with van der Waals surface area (Å²) in [7, 11) is 1.53. The highest BCUT2D eigenvalue weighted by atomic mass is 16.2. The van der Waals surface area contributed by atoms with Crippen LogP contribution in [0.4, 0.5) is 0 Å². The summed E-state index contributed by atoms with van der Waals surface area (Å²) < 4.78 is 0. The molecule has 3 rings (SSSR count). The van der Waals surface area contributed by atoms with Crippen molar-refractivity contribution < 1.29 is 14.4 Å². The standard InChI is InChI=1S/C21H23N3O3/c1-13-7-9-14(10-8-13)19(25)16-5-3-4-6-17(16)21(27)24-12-15(22)11-18(24)20(26)23-2/h3-10,15,18H,11-12,22H2,1-2H3,(H,23,26)/t15-,18+/m1/s1. The Labute approximate surface area is 158 Å². The van der Waals surface area contributed by atoms with E-state index in [9.17, 15) is 14.4 Å². The smallest absolute Gasteiger partial charge is 0.255 e. The summed E-state index contributed by atoms with van der Waals surface area (Å²) in [6, 6.07) is 13.0. The maximum Gasteiger partial charge on any atom is 0.255 e. The third-order valence-corrected chi connectivity index (χ3v) is 4.86. The van der Waals surface area contributed by atoms with Gasteiger partial charge < -0.3 is 16.0 Å². The Morgan fingerprint density at radius 2 is 1.67 bits per heavy atom. The van der Waals surface area contributed by atoms with Crippen LogP contribution in [-0.4, -0.2) is 48.2 Å². The molecule has 0 aliphatic carbocycles. The van der Waals surface area contributed by atoms with E-state index in [4.69, 9.17) is 5.73 Å². The zero-order valence-electron chi connectivity index (χ0n) is 15.4. The lowest BCUT2D eigenvalue weighted by molar-refractivity contribution is -0.124. The number of likely N-dealkylation sites (N-methyl/N-ethyl adjacent to an activating group) is 1. The number of carbonyl (C=O) groups is 3. The van der Waals surface area contributed by atoms with E-state index in [2.05, 4.69) is 5.32 Å². The first-order valence-electron chi connectivity index (χ1n) is 8.91. The van der Waals surface area contributed by atoms with Gasteiger partial charge >= 0.3 is 0 Å². The molecule has 27 heavy (non-hydrogen) atoms. The molecule has 0 spiro atoms. The molecule has 0 radical (unpaired) electrons. The molecule has 0 unspecified atom stereocenters. The highest BCUT2D eigenvalue weighted by Crippen LogP contribution is 2.23. The summed E-state index contributed by atoms with van der Waals surface area (Å²) >= 11 is 0. The number of aryl methyl sites for hydroxylation is 1. The van der Waals surface area contributed by atoms with Crippen molar-refractivity contribution in [1.29, 1.82) is 0 Å². The van der Waals surface area contributed by atoms with Gasteiger partial charge in [-0.1, -0.05) is 48.0 Å². The first-order valence-corrected chi connectivity index (χ1v) is 8.91. The lowest BCUT2D eigenvalue weighted by Gasteiger charge is -2.24. The Morgan fingerprint density at radius 3 is 2.30 bits per heavy atom. The minimum Gasteiger partial charge on any atom is -0.357 e. The Kier molecular flexibility index (Phi) is 5.37. The van der Waals surface area contributed by atoms with Crippen LogP contribution in [0, 0.1) is 6.92 Å². The van der Waals surface area contributed by atoms with Crippen LogP contribution < -0.4 is 11.1 Å². The van der Waals surface area contributed by atoms with Crippen LogP contribution in [0.3, 0.4) is 0 Å². The molecule has 2 atom stereocenters. The maximum absolute atomic E-state index is 13.2. The van der Waals surface area contributed by atoms with Gasteiger partial charge in [0.1, 0.15) is 6.04 Å². The molecule has 2 aromatic rings. The minimum absolute atomic E-state index is 0.223. The average Bonchev–Trinajstić information content (AvgIpc) is 3.08. The van der Waals surface area contributed by atoms with Crippen LogP contribution >= 0.6 is 0 Å². The van der Waals surface area contributed by atoms with Gasteiger partial charge in [0.15, 0.2) is 5.78 Å². The van der Waals surface area contributed by atoms with Gasteiger partial charge in [-0.25, -0.2) is 0 Å². The normalized spacial score (nSPS) is 19.0. The number of amides is 2. The van der Waals surface area contributed by atoms with E-state index in [-0.39, 0.29) is 35.7 Å². The van der Waals surface area contributed by atoms with Crippen molar-refractivity contribution in [3.05, 3.63) is 70.8 Å². The van der Waals surface area contributed by atoms with E-state index < -0.39 is 6.04 Å². The lowest BCUT2D eigenvalue weighted by atomic mass is 9.97. The number of nitrogens with two attached hydrogens (primary N) is 1. The Morgan fingerprint density at radius 1 is 1.04 bits per heavy atom. The van der Waals surface area contributed by atoms with Gasteiger partial charge in [-0.05, 0) is 19.4 Å². The molecule has 1 saturated heterocycles. The zero-order chi connectivity index (χ0) is 19.6. The molecule has 2 amide bonds. The molecule has 1 heterocycles. The van der Waals surface area contributed by atoms with Crippen LogP contribution in [0.25, 0.3) is 0 Å². The maximum atomic E-state index is 13.2. The topological polar surface area (TPSA) is 92.5 Å². The van der Waals surface area contributed by atoms with Gasteiger partial charge in [-0.15, -0.1) is 0 Å². The Bertz CT molecular complexity index is 876. The van der Waals surface area contributed by atoms with E-state index in [1.807, 2.05) is 19.1 Å². The molecule has 1 fully saturated rings. The largest absolute Gasteiger partial charge is 0.357 e. The van der Waals surface area contributed by atoms with Crippen molar-refractivity contribution in [3.8, 4) is 0 Å². The number of likely N-dealkylation sites (tertiary alicyclic amines) is 1. The molecule has 140 valence electrons. The van der Waals surface area contributed by atoms with Crippen LogP contribution in [0.2, 0.25) is 0 Å². The predicted molar refractivity (Wildman–Crippen MR) is 103 cm³/mol. The molecular weight excluding hydrogens is 342 g/mol. The second kappa shape index (κ2) is 7.72. The number of nitrogens with one attached hydrogen (secondary N) is 1. The lowest BCUT2D eigenvalue weighted by Crippen LogP contribution is -2.45. The SMILES string of the molecule is CNC(=O)[C@@H]1C[C@@H](N)CN1C(=O)c1ccccc1C(=O)c1ccc(C)cc1. The van der Waals surface area contributed by atoms with Crippen molar-refractivity contribution in [2.45, 2.75) is 25.4 Å². The monoisotopic (exact) mass is 365 g/mol. The van der Waals surface area contributed by atoms with Gasteiger partial charge in [0.05, 0.1) is 5.56 Å². The minimum atomic E-state index is -0.625. The van der Waals surface area contributed by atoms with Gasteiger partial charge in [0.25, 0.3) is 5.91 Å². The number of benzene rings is 2. The van der Waals surface area contributed by atoms with Crippen molar-refractivity contribution in [2.75, 3.05) is 13.6 Å². The molecule has 0 aromatic heterocycles. The summed E-state index contributed by atoms with van der Waals surface area (Å²) in [6.45, 7) is 2.23. The third-order valence-electron chi connectivity index (χ3n) is 4.86. The third kappa shape index (κ3) is 3.75. The number of hydrogen-bond acceptors (Lipinski definition) is 4. The second-order valence-corrected chi connectivity index (χ2v) is 6.82. The molecule has 0 saturated carbocycles. The van der Waals surface area contributed by atoms with Crippen molar-refractivity contribution >= 4 is 17.6 Å². The summed E-state index contributed by atoms with van der Waals surface area (Å²) in [4.78, 5) is 39.7. The first kappa shape index (κ1) is 18.8. The number of carbonyl (C=O) groups excluding carboxylic acids is 3. The number of rotatable bonds is 4. The zero-order valence-corrected chi connectivity index (χ0v) is 15.4. The molecular formula is C21H23N3O3. The van der Waals surface area contributed by atoms with Crippen LogP contribution in [0.15, 0.2) is 48.5 Å². The number of nitrogens with zero attached hydrogens (tertiary/aromatic N) is 1. The fraction of sp³-hybridized carbons (Fsp3) is 0.286. The molecule has 1 aliphatic rings. The van der Waals surface area contributed by atoms with E-state index in [1.54, 1.807) is 36.4 Å². The van der Waals surface area contributed by atoms with Crippen molar-refractivity contribution in [3.63, 3.8) is 0 Å². The quantitative estimate of drug-likeness (QED) is 0.804. The van der Waals surface area contributed by atoms with E-state index in [0.29, 0.717) is 17.5 Å². The molecule has 2 aromatic carbocycles. The fourth-order valence-corrected chi connectivity index (χ4v) is 3.39. The van der Waals surface area contributed by atoms with Crippen LogP contribution in [-0.2, 0) is 4.79 Å². The molecule has 1 aliphatic heterocycles. The highest BCUT2D eigenvalue weighted by molar-refractivity contribution is 6.15. The van der Waals surface area contributed by atoms with Gasteiger partial charge in [0, 0.05) is 30.8 Å². The first-order chi connectivity index (χ1) is 12.9. The van der Waals surface area contributed by atoms with Crippen LogP contribution in [0.5, 0.6) is 0 Å². The van der Waals surface area contributed by atoms with E-state index >= 15 is 0 Å². The summed E-state index contributed by atoms with van der Waals surface area (Å²) in [5.74, 6) is -0.829. The predicted octanol–water partition coefficient (Wildman–Crippen LogP) is 1.51. The highest BCUT2D eigenvalue weighted by Gasteiger charge is 2.38. The van der Waals surface area contributed by atoms with Crippen molar-refractivity contribution in [2.24, 2.45) is 5.73 Å². The van der Waals surface area contributed by atoms with Gasteiger partial charge in [-0.3, -0.25) is 14.4 Å². The van der Waals surface area contributed by atoms with E-state index in [0.717, 1.165) is 5.56 Å². The summed E-state index contributed by atoms with van der Waals surface area (Å²) in [6.07, 6.45) is 0.402. The van der Waals surface area contributed by atoms with Crippen molar-refractivity contribution in [1.82, 2.24) is 10.2 Å². The van der Waals surface area contributed by atoms with Gasteiger partial charge in [0.2, 0.25) is 5.91 Å².